The van der Waals surface area contributed by atoms with Gasteiger partial charge in [-0.15, -0.1) is 0 Å². The Kier molecular flexibility index (Phi) is 7.85. The maximum absolute atomic E-state index is 11.6. The fourth-order valence-corrected chi connectivity index (χ4v) is 1.33. The van der Waals surface area contributed by atoms with Gasteiger partial charge < -0.3 is 20.3 Å². The second kappa shape index (κ2) is 8.25. The van der Waals surface area contributed by atoms with Gasteiger partial charge in [-0.25, -0.2) is 9.80 Å². The number of amides is 2. The number of nitrogens with zero attached hydrogens (tertiary/aromatic N) is 1. The van der Waals surface area contributed by atoms with Gasteiger partial charge in [-0.3, -0.25) is 5.43 Å². The second-order valence-corrected chi connectivity index (χ2v) is 4.42. The van der Waals surface area contributed by atoms with Crippen molar-refractivity contribution in [3.63, 3.8) is 0 Å². The first-order chi connectivity index (χ1) is 8.31. The molecule has 4 atom stereocenters. The molecule has 4 N–H and O–H groups in total. The van der Waals surface area contributed by atoms with Crippen LogP contribution in [-0.4, -0.2) is 59.4 Å². The van der Waals surface area contributed by atoms with E-state index in [1.807, 2.05) is 0 Å². The number of ether oxygens (including phenoxy) is 1. The topological polar surface area (TPSA) is 94.1 Å². The molecule has 0 radical (unpaired) electrons. The van der Waals surface area contributed by atoms with Gasteiger partial charge in [0, 0.05) is 7.11 Å². The number of hydrazine groups is 1. The lowest BCUT2D eigenvalue weighted by molar-refractivity contribution is -0.0206. The van der Waals surface area contributed by atoms with Gasteiger partial charge in [-0.2, -0.15) is 0 Å². The summed E-state index contributed by atoms with van der Waals surface area (Å²) in [7, 11) is 1.47. The number of hydrogen-bond donors (Lipinski definition) is 4. The SMILES string of the molecule is COCNC(=O)NN(C(C)C(C)O)C(C)C(C)O. The highest BCUT2D eigenvalue weighted by Crippen LogP contribution is 2.09. The number of rotatable bonds is 7. The highest BCUT2D eigenvalue weighted by molar-refractivity contribution is 5.73. The van der Waals surface area contributed by atoms with Gasteiger partial charge in [-0.05, 0) is 27.7 Å². The minimum absolute atomic E-state index is 0.0891. The van der Waals surface area contributed by atoms with Gasteiger partial charge >= 0.3 is 6.03 Å². The average molecular weight is 263 g/mol. The summed E-state index contributed by atoms with van der Waals surface area (Å²) in [4.78, 5) is 11.6. The number of carbonyl (C=O) groups is 1. The van der Waals surface area contributed by atoms with Gasteiger partial charge in [0.1, 0.15) is 6.73 Å². The zero-order valence-electron chi connectivity index (χ0n) is 11.7. The number of aliphatic hydroxyl groups is 2. The summed E-state index contributed by atoms with van der Waals surface area (Å²) < 4.78 is 4.72. The van der Waals surface area contributed by atoms with Crippen molar-refractivity contribution in [2.24, 2.45) is 0 Å². The monoisotopic (exact) mass is 263 g/mol. The summed E-state index contributed by atoms with van der Waals surface area (Å²) in [6, 6.07) is -1.11. The van der Waals surface area contributed by atoms with E-state index in [-0.39, 0.29) is 18.8 Å². The summed E-state index contributed by atoms with van der Waals surface area (Å²) in [5.74, 6) is 0. The van der Waals surface area contributed by atoms with Crippen LogP contribution in [-0.2, 0) is 4.74 Å². The Hall–Kier alpha value is -0.890. The van der Waals surface area contributed by atoms with E-state index >= 15 is 0 Å². The third-order valence-electron chi connectivity index (χ3n) is 2.88. The maximum Gasteiger partial charge on any atom is 0.331 e. The van der Waals surface area contributed by atoms with Crippen LogP contribution >= 0.6 is 0 Å². The summed E-state index contributed by atoms with van der Waals surface area (Å²) in [5, 5.41) is 23.2. The molecule has 0 aromatic carbocycles. The largest absolute Gasteiger partial charge is 0.392 e. The first-order valence-corrected chi connectivity index (χ1v) is 5.99. The molecule has 0 saturated heterocycles. The van der Waals surface area contributed by atoms with Crippen LogP contribution in [0.15, 0.2) is 0 Å². The second-order valence-electron chi connectivity index (χ2n) is 4.42. The normalized spacial score (nSPS) is 18.0. The Bertz CT molecular complexity index is 234. The zero-order valence-corrected chi connectivity index (χ0v) is 11.7. The number of hydrogen-bond acceptors (Lipinski definition) is 5. The van der Waals surface area contributed by atoms with Crippen LogP contribution in [0.25, 0.3) is 0 Å². The number of methoxy groups -OCH3 is 1. The summed E-state index contributed by atoms with van der Waals surface area (Å²) in [5.41, 5.74) is 2.60. The third-order valence-corrected chi connectivity index (χ3v) is 2.88. The highest BCUT2D eigenvalue weighted by atomic mass is 16.5. The van der Waals surface area contributed by atoms with Crippen molar-refractivity contribution in [2.75, 3.05) is 13.8 Å². The molecule has 0 aliphatic carbocycles. The minimum atomic E-state index is -0.645. The molecular formula is C11H25N3O4. The standard InChI is InChI=1S/C11H25N3O4/c1-7(9(3)15)14(8(2)10(4)16)13-11(17)12-6-18-5/h7-10,15-16H,6H2,1-5H3,(H2,12,13,17). The number of nitrogens with one attached hydrogen (secondary N) is 2. The van der Waals surface area contributed by atoms with Gasteiger partial charge in [-0.1, -0.05) is 0 Å². The highest BCUT2D eigenvalue weighted by Gasteiger charge is 2.27. The fraction of sp³-hybridized carbons (Fsp3) is 0.909. The Morgan fingerprint density at radius 2 is 1.61 bits per heavy atom. The summed E-state index contributed by atoms with van der Waals surface area (Å²) in [6.07, 6.45) is -1.29. The Morgan fingerprint density at radius 3 is 1.94 bits per heavy atom. The molecule has 0 aliphatic rings. The molecule has 0 rings (SSSR count). The molecule has 18 heavy (non-hydrogen) atoms. The van der Waals surface area contributed by atoms with E-state index in [1.54, 1.807) is 27.7 Å². The molecule has 0 aliphatic heterocycles. The smallest absolute Gasteiger partial charge is 0.331 e. The molecule has 4 unspecified atom stereocenters. The van der Waals surface area contributed by atoms with Crippen molar-refractivity contribution >= 4 is 6.03 Å². The molecule has 0 fully saturated rings. The van der Waals surface area contributed by atoms with Crippen molar-refractivity contribution in [3.8, 4) is 0 Å². The van der Waals surface area contributed by atoms with Gasteiger partial charge in [0.05, 0.1) is 24.3 Å². The zero-order chi connectivity index (χ0) is 14.3. The molecule has 2 amide bonds. The van der Waals surface area contributed by atoms with Crippen molar-refractivity contribution < 1.29 is 19.7 Å². The molecular weight excluding hydrogens is 238 g/mol. The molecule has 0 aromatic heterocycles. The lowest BCUT2D eigenvalue weighted by atomic mass is 10.1. The molecule has 0 saturated carbocycles. The average Bonchev–Trinajstić information content (AvgIpc) is 2.31. The van der Waals surface area contributed by atoms with Gasteiger partial charge in [0.2, 0.25) is 0 Å². The Labute approximate surface area is 108 Å². The van der Waals surface area contributed by atoms with E-state index in [0.29, 0.717) is 0 Å². The number of carbonyl (C=O) groups excluding carboxylic acids is 1. The lowest BCUT2D eigenvalue weighted by Gasteiger charge is -2.37. The third kappa shape index (κ3) is 5.63. The first kappa shape index (κ1) is 17.1. The molecule has 0 aromatic rings. The van der Waals surface area contributed by atoms with E-state index in [2.05, 4.69) is 10.7 Å². The van der Waals surface area contributed by atoms with E-state index in [0.717, 1.165) is 0 Å². The Morgan fingerprint density at radius 1 is 1.17 bits per heavy atom. The van der Waals surface area contributed by atoms with E-state index < -0.39 is 18.2 Å². The quantitative estimate of drug-likeness (QED) is 0.372. The van der Waals surface area contributed by atoms with Crippen molar-refractivity contribution in [1.82, 2.24) is 15.8 Å². The molecule has 7 heteroatoms. The van der Waals surface area contributed by atoms with Crippen LogP contribution in [0.2, 0.25) is 0 Å². The van der Waals surface area contributed by atoms with Crippen LogP contribution in [0.4, 0.5) is 4.79 Å². The molecule has 0 bridgehead atoms. The number of aliphatic hydroxyl groups excluding tert-OH is 2. The predicted octanol–water partition coefficient (Wildman–Crippen LogP) is -0.355. The van der Waals surface area contributed by atoms with Crippen LogP contribution in [0, 0.1) is 0 Å². The van der Waals surface area contributed by atoms with E-state index in [9.17, 15) is 15.0 Å². The van der Waals surface area contributed by atoms with Crippen molar-refractivity contribution in [2.45, 2.75) is 52.0 Å². The fourth-order valence-electron chi connectivity index (χ4n) is 1.33. The van der Waals surface area contributed by atoms with Gasteiger partial charge in [0.25, 0.3) is 0 Å². The van der Waals surface area contributed by atoms with Crippen LogP contribution in [0.3, 0.4) is 0 Å². The van der Waals surface area contributed by atoms with Crippen molar-refractivity contribution in [3.05, 3.63) is 0 Å². The van der Waals surface area contributed by atoms with E-state index in [1.165, 1.54) is 12.1 Å². The minimum Gasteiger partial charge on any atom is -0.392 e. The van der Waals surface area contributed by atoms with E-state index in [4.69, 9.17) is 4.74 Å². The van der Waals surface area contributed by atoms with Crippen LogP contribution in [0.1, 0.15) is 27.7 Å². The molecule has 108 valence electrons. The van der Waals surface area contributed by atoms with Crippen LogP contribution < -0.4 is 10.7 Å². The summed E-state index contributed by atoms with van der Waals surface area (Å²) in [6.45, 7) is 6.87. The number of urea groups is 1. The molecule has 0 spiro atoms. The molecule has 7 nitrogen and oxygen atoms in total. The lowest BCUT2D eigenvalue weighted by Crippen LogP contribution is -2.59. The first-order valence-electron chi connectivity index (χ1n) is 5.99. The maximum atomic E-state index is 11.6. The van der Waals surface area contributed by atoms with Gasteiger partial charge in [0.15, 0.2) is 0 Å². The molecule has 0 heterocycles. The van der Waals surface area contributed by atoms with Crippen LogP contribution in [0.5, 0.6) is 0 Å². The summed E-state index contributed by atoms with van der Waals surface area (Å²) >= 11 is 0. The predicted molar refractivity (Wildman–Crippen MR) is 67.7 cm³/mol. The Balaban J connectivity index is 4.61. The van der Waals surface area contributed by atoms with Crippen molar-refractivity contribution in [1.29, 1.82) is 0 Å².